The lowest BCUT2D eigenvalue weighted by Crippen LogP contribution is -2.39. The predicted octanol–water partition coefficient (Wildman–Crippen LogP) is 3.72. The Morgan fingerprint density at radius 1 is 1.21 bits per heavy atom. The van der Waals surface area contributed by atoms with Crippen molar-refractivity contribution in [2.75, 3.05) is 12.3 Å². The van der Waals surface area contributed by atoms with Crippen LogP contribution in [-0.2, 0) is 6.54 Å². The van der Waals surface area contributed by atoms with Crippen molar-refractivity contribution in [1.29, 1.82) is 0 Å². The van der Waals surface area contributed by atoms with Gasteiger partial charge in [-0.3, -0.25) is 14.0 Å². The van der Waals surface area contributed by atoms with Crippen molar-refractivity contribution in [3.8, 4) is 11.3 Å². The van der Waals surface area contributed by atoms with Crippen molar-refractivity contribution in [2.24, 2.45) is 5.92 Å². The molecule has 5 aromatic rings. The van der Waals surface area contributed by atoms with Crippen LogP contribution in [0.5, 0.6) is 0 Å². The standard InChI is InChI=1S/C26H27N7O3S2/c1-14(2)8-17(12-34)30-25(36)21-20(16-5-7-37-13-16)31-23-18(4-3-6-33(21)23)24(35)29-11-15-9-19-22(28-10-15)32-26(27)38-19/h3-7,9-10,13-14,17,34H,8,11-12H2,1-2H3,(H,29,35)(H,30,36)(H2,27,28,32)/t17-/m0/s1. The number of pyridine rings is 2. The first-order valence-electron chi connectivity index (χ1n) is 12.1. The molecule has 0 fully saturated rings. The van der Waals surface area contributed by atoms with Gasteiger partial charge in [-0.1, -0.05) is 25.2 Å². The smallest absolute Gasteiger partial charge is 0.270 e. The molecule has 0 saturated heterocycles. The number of nitrogen functional groups attached to an aromatic ring is 1. The molecule has 0 spiro atoms. The Balaban J connectivity index is 1.46. The van der Waals surface area contributed by atoms with E-state index in [2.05, 4.69) is 20.6 Å². The van der Waals surface area contributed by atoms with Crippen LogP contribution in [0, 0.1) is 5.92 Å². The first-order chi connectivity index (χ1) is 18.3. The number of fused-ring (bicyclic) bond motifs is 2. The third kappa shape index (κ3) is 5.23. The number of imidazole rings is 1. The SMILES string of the molecule is CC(C)C[C@@H](CO)NC(=O)c1c(-c2ccsc2)nc2c(C(=O)NCc3cnc4nc(N)sc4c3)cccn12. The van der Waals surface area contributed by atoms with Crippen LogP contribution in [0.1, 0.15) is 46.7 Å². The number of nitrogens with zero attached hydrogens (tertiary/aromatic N) is 4. The van der Waals surface area contributed by atoms with Crippen molar-refractivity contribution >= 4 is 55.6 Å². The summed E-state index contributed by atoms with van der Waals surface area (Å²) < 4.78 is 2.48. The van der Waals surface area contributed by atoms with E-state index in [1.807, 2.05) is 36.7 Å². The summed E-state index contributed by atoms with van der Waals surface area (Å²) >= 11 is 2.83. The summed E-state index contributed by atoms with van der Waals surface area (Å²) in [5.41, 5.74) is 9.42. The van der Waals surface area contributed by atoms with Crippen molar-refractivity contribution < 1.29 is 14.7 Å². The molecule has 0 aliphatic carbocycles. The lowest BCUT2D eigenvalue weighted by atomic mass is 10.0. The second kappa shape index (κ2) is 10.9. The van der Waals surface area contributed by atoms with Crippen LogP contribution in [0.3, 0.4) is 0 Å². The van der Waals surface area contributed by atoms with Gasteiger partial charge in [0.2, 0.25) is 0 Å². The number of carbonyl (C=O) groups excluding carboxylic acids is 2. The average Bonchev–Trinajstić information content (AvgIpc) is 3.63. The number of anilines is 1. The van der Waals surface area contributed by atoms with Gasteiger partial charge < -0.3 is 21.5 Å². The number of nitrogens with one attached hydrogen (secondary N) is 2. The highest BCUT2D eigenvalue weighted by molar-refractivity contribution is 7.22. The molecule has 10 nitrogen and oxygen atoms in total. The molecule has 5 heterocycles. The van der Waals surface area contributed by atoms with Crippen molar-refractivity contribution in [2.45, 2.75) is 32.9 Å². The maximum Gasteiger partial charge on any atom is 0.270 e. The second-order valence-electron chi connectivity index (χ2n) is 9.32. The molecule has 5 N–H and O–H groups in total. The number of amides is 2. The summed E-state index contributed by atoms with van der Waals surface area (Å²) in [5, 5.41) is 19.9. The topological polar surface area (TPSA) is 148 Å². The summed E-state index contributed by atoms with van der Waals surface area (Å²) in [6.07, 6.45) is 4.01. The first-order valence-corrected chi connectivity index (χ1v) is 13.8. The Hall–Kier alpha value is -3.87. The van der Waals surface area contributed by atoms with E-state index in [1.54, 1.807) is 28.9 Å². The third-order valence-corrected chi connectivity index (χ3v) is 7.49. The molecule has 0 aliphatic rings. The monoisotopic (exact) mass is 549 g/mol. The fourth-order valence-corrected chi connectivity index (χ4v) is 5.71. The summed E-state index contributed by atoms with van der Waals surface area (Å²) in [7, 11) is 0. The maximum absolute atomic E-state index is 13.5. The van der Waals surface area contributed by atoms with Gasteiger partial charge in [0.25, 0.3) is 11.8 Å². The highest BCUT2D eigenvalue weighted by Crippen LogP contribution is 2.28. The Morgan fingerprint density at radius 2 is 2.05 bits per heavy atom. The third-order valence-electron chi connectivity index (χ3n) is 5.99. The number of hydrogen-bond donors (Lipinski definition) is 4. The molecule has 0 aliphatic heterocycles. The van der Waals surface area contributed by atoms with Gasteiger partial charge in [0.1, 0.15) is 11.4 Å². The van der Waals surface area contributed by atoms with Crippen molar-refractivity contribution in [3.63, 3.8) is 0 Å². The maximum atomic E-state index is 13.5. The van der Waals surface area contributed by atoms with Gasteiger partial charge in [-0.05, 0) is 47.5 Å². The number of nitrogens with two attached hydrogens (primary N) is 1. The Bertz CT molecular complexity index is 1610. The van der Waals surface area contributed by atoms with Crippen LogP contribution in [0.2, 0.25) is 0 Å². The Labute approximate surface area is 226 Å². The molecule has 38 heavy (non-hydrogen) atoms. The Kier molecular flexibility index (Phi) is 7.36. The minimum Gasteiger partial charge on any atom is -0.394 e. The highest BCUT2D eigenvalue weighted by atomic mass is 32.1. The van der Waals surface area contributed by atoms with Crippen LogP contribution < -0.4 is 16.4 Å². The molecular formula is C26H27N7O3S2. The number of rotatable bonds is 9. The quantitative estimate of drug-likeness (QED) is 0.219. The van der Waals surface area contributed by atoms with Crippen molar-refractivity contribution in [1.82, 2.24) is 30.0 Å². The largest absolute Gasteiger partial charge is 0.394 e. The van der Waals surface area contributed by atoms with Crippen LogP contribution >= 0.6 is 22.7 Å². The molecular weight excluding hydrogens is 522 g/mol. The molecule has 5 rings (SSSR count). The zero-order valence-electron chi connectivity index (χ0n) is 20.8. The average molecular weight is 550 g/mol. The van der Waals surface area contributed by atoms with Gasteiger partial charge in [-0.2, -0.15) is 11.3 Å². The predicted molar refractivity (Wildman–Crippen MR) is 149 cm³/mol. The lowest BCUT2D eigenvalue weighted by Gasteiger charge is -2.18. The second-order valence-corrected chi connectivity index (χ2v) is 11.2. The lowest BCUT2D eigenvalue weighted by molar-refractivity contribution is 0.0901. The normalized spacial score (nSPS) is 12.3. The Morgan fingerprint density at radius 3 is 2.79 bits per heavy atom. The molecule has 12 heteroatoms. The molecule has 0 radical (unpaired) electrons. The van der Waals surface area contributed by atoms with Gasteiger partial charge in [0.15, 0.2) is 16.4 Å². The van der Waals surface area contributed by atoms with E-state index in [1.165, 1.54) is 22.7 Å². The number of thiazole rings is 1. The van der Waals surface area contributed by atoms with Crippen LogP contribution in [0.4, 0.5) is 5.13 Å². The zero-order valence-corrected chi connectivity index (χ0v) is 22.5. The van der Waals surface area contributed by atoms with Gasteiger partial charge in [0, 0.05) is 29.9 Å². The minimum atomic E-state index is -0.394. The number of aliphatic hydroxyl groups is 1. The summed E-state index contributed by atoms with van der Waals surface area (Å²) in [5.74, 6) is -0.397. The van der Waals surface area contributed by atoms with E-state index in [0.29, 0.717) is 45.7 Å². The number of aliphatic hydroxyl groups excluding tert-OH is 1. The fraction of sp³-hybridized carbons (Fsp3) is 0.269. The fourth-order valence-electron chi connectivity index (χ4n) is 4.32. The van der Waals surface area contributed by atoms with E-state index in [-0.39, 0.29) is 25.0 Å². The van der Waals surface area contributed by atoms with Gasteiger partial charge >= 0.3 is 0 Å². The molecule has 2 amide bonds. The molecule has 0 bridgehead atoms. The zero-order chi connectivity index (χ0) is 26.8. The molecule has 0 unspecified atom stereocenters. The summed E-state index contributed by atoms with van der Waals surface area (Å²) in [6, 6.07) is 6.78. The molecule has 0 aromatic carbocycles. The molecule has 0 saturated carbocycles. The van der Waals surface area contributed by atoms with Gasteiger partial charge in [-0.25, -0.2) is 15.0 Å². The molecule has 5 aromatic heterocycles. The van der Waals surface area contributed by atoms with E-state index >= 15 is 0 Å². The van der Waals surface area contributed by atoms with Gasteiger partial charge in [0.05, 0.1) is 22.9 Å². The van der Waals surface area contributed by atoms with Crippen molar-refractivity contribution in [3.05, 3.63) is 64.2 Å². The number of hydrogen-bond acceptors (Lipinski definition) is 9. The summed E-state index contributed by atoms with van der Waals surface area (Å²) in [4.78, 5) is 40.0. The highest BCUT2D eigenvalue weighted by Gasteiger charge is 2.25. The molecule has 1 atom stereocenters. The summed E-state index contributed by atoms with van der Waals surface area (Å²) in [6.45, 7) is 4.15. The van der Waals surface area contributed by atoms with E-state index < -0.39 is 6.04 Å². The minimum absolute atomic E-state index is 0.170. The number of aromatic nitrogens is 4. The van der Waals surface area contributed by atoms with Crippen LogP contribution in [0.15, 0.2) is 47.4 Å². The van der Waals surface area contributed by atoms with E-state index in [4.69, 9.17) is 10.7 Å². The van der Waals surface area contributed by atoms with Crippen LogP contribution in [-0.4, -0.2) is 48.9 Å². The number of thiophene rings is 1. The first kappa shape index (κ1) is 25.8. The van der Waals surface area contributed by atoms with Gasteiger partial charge in [-0.15, -0.1) is 0 Å². The van der Waals surface area contributed by atoms with E-state index in [0.717, 1.165) is 15.8 Å². The van der Waals surface area contributed by atoms with E-state index in [9.17, 15) is 14.7 Å². The molecule has 196 valence electrons. The number of carbonyl (C=O) groups is 2. The van der Waals surface area contributed by atoms with Crippen LogP contribution in [0.25, 0.3) is 27.3 Å².